The molecular formula is C37H58N8O7S. The van der Waals surface area contributed by atoms with E-state index in [0.29, 0.717) is 38.8 Å². The summed E-state index contributed by atoms with van der Waals surface area (Å²) in [5, 5.41) is 26.0. The van der Waals surface area contributed by atoms with Gasteiger partial charge >= 0.3 is 5.97 Å². The van der Waals surface area contributed by atoms with Crippen molar-refractivity contribution < 1.29 is 33.9 Å². The van der Waals surface area contributed by atoms with Gasteiger partial charge < -0.3 is 48.9 Å². The summed E-state index contributed by atoms with van der Waals surface area (Å²) in [4.78, 5) is 79.3. The molecule has 0 fully saturated rings. The Labute approximate surface area is 315 Å². The molecule has 53 heavy (non-hydrogen) atoms. The van der Waals surface area contributed by atoms with Crippen LogP contribution in [0.1, 0.15) is 77.7 Å². The van der Waals surface area contributed by atoms with Crippen LogP contribution in [0.2, 0.25) is 0 Å². The maximum atomic E-state index is 13.9. The number of rotatable bonds is 25. The molecule has 15 nitrogen and oxygen atoms in total. The third kappa shape index (κ3) is 15.2. The molecule has 1 aromatic carbocycles. The van der Waals surface area contributed by atoms with Crippen molar-refractivity contribution in [3.05, 3.63) is 47.9 Å². The molecule has 1 aromatic heterocycles. The molecule has 0 radical (unpaired) electrons. The highest BCUT2D eigenvalue weighted by atomic mass is 32.1. The van der Waals surface area contributed by atoms with Gasteiger partial charge in [0.15, 0.2) is 0 Å². The summed E-state index contributed by atoms with van der Waals surface area (Å²) < 4.78 is 0.981. The lowest BCUT2D eigenvalue weighted by Gasteiger charge is -2.27. The van der Waals surface area contributed by atoms with Crippen molar-refractivity contribution in [3.63, 3.8) is 0 Å². The Kier molecular flexibility index (Phi) is 19.7. The molecule has 16 heteroatoms. The molecule has 2 aromatic rings. The van der Waals surface area contributed by atoms with Gasteiger partial charge in [-0.3, -0.25) is 24.0 Å². The monoisotopic (exact) mass is 758 g/mol. The van der Waals surface area contributed by atoms with Gasteiger partial charge in [-0.15, -0.1) is 17.9 Å². The number of aliphatic carboxylic acids is 1. The number of hydrogen-bond acceptors (Lipinski definition) is 10. The topological polar surface area (TPSA) is 261 Å². The van der Waals surface area contributed by atoms with E-state index in [1.807, 2.05) is 43.5 Å². The molecule has 0 unspecified atom stereocenters. The van der Waals surface area contributed by atoms with Crippen molar-refractivity contribution in [3.8, 4) is 0 Å². The lowest BCUT2D eigenvalue weighted by atomic mass is 10.0. The van der Waals surface area contributed by atoms with E-state index >= 15 is 0 Å². The minimum atomic E-state index is -1.20. The average molecular weight is 759 g/mol. The van der Waals surface area contributed by atoms with Crippen LogP contribution in [0.4, 0.5) is 0 Å². The highest BCUT2D eigenvalue weighted by molar-refractivity contribution is 7.17. The van der Waals surface area contributed by atoms with E-state index < -0.39 is 71.8 Å². The van der Waals surface area contributed by atoms with Gasteiger partial charge in [0.2, 0.25) is 29.5 Å². The van der Waals surface area contributed by atoms with Crippen molar-refractivity contribution in [2.75, 3.05) is 13.1 Å². The van der Waals surface area contributed by atoms with Crippen LogP contribution in [0.5, 0.6) is 0 Å². The third-order valence-electron chi connectivity index (χ3n) is 8.55. The molecule has 0 spiro atoms. The Morgan fingerprint density at radius 1 is 0.736 bits per heavy atom. The fraction of sp³-hybridized carbons (Fsp3) is 0.568. The Hall–Kier alpha value is -4.38. The summed E-state index contributed by atoms with van der Waals surface area (Å²) in [7, 11) is 0. The van der Waals surface area contributed by atoms with Crippen LogP contribution >= 0.6 is 11.3 Å². The first kappa shape index (κ1) is 44.8. The standard InChI is InChI=1S/C37H58N8O7S/c1-5-12-26(42-35(49)28(15-9-11-18-39)43-34(48)27(14-8-10-17-38)41-32(46)23(4)40)33(47)44-29(36(50)45-30(37(51)52)19-22(2)3)20-24-21-53-31-16-7-6-13-25(24)31/h5-7,13,16,21-23,26-30H,1,8-12,14-15,17-20,38-40H2,2-4H3,(H,41,46)(H,42,49)(H,43,48)(H,44,47)(H,45,50)(H,51,52)/t23-,26-,27-,28-,29-,30-/m0/s1. The van der Waals surface area contributed by atoms with Gasteiger partial charge in [0, 0.05) is 11.1 Å². The number of unbranched alkanes of at least 4 members (excludes halogenated alkanes) is 2. The van der Waals surface area contributed by atoms with Gasteiger partial charge in [0.25, 0.3) is 0 Å². The first-order valence-corrected chi connectivity index (χ1v) is 19.1. The molecule has 0 saturated carbocycles. The van der Waals surface area contributed by atoms with Gasteiger partial charge in [0.1, 0.15) is 30.2 Å². The molecular weight excluding hydrogens is 701 g/mol. The number of benzene rings is 1. The quantitative estimate of drug-likeness (QED) is 0.0516. The number of hydrogen-bond donors (Lipinski definition) is 9. The number of nitrogens with one attached hydrogen (secondary N) is 5. The number of thiophene rings is 1. The Bertz CT molecular complexity index is 1530. The van der Waals surface area contributed by atoms with Crippen LogP contribution < -0.4 is 43.8 Å². The van der Waals surface area contributed by atoms with Crippen LogP contribution in [-0.2, 0) is 35.2 Å². The second kappa shape index (κ2) is 23.3. The zero-order valence-corrected chi connectivity index (χ0v) is 31.8. The SMILES string of the molecule is C=CC[C@H](NC(=O)[C@H](CCCCN)NC(=O)[C@H](CCCCN)NC(=O)[C@H](C)N)C(=O)N[C@@H](Cc1csc2ccccc12)C(=O)N[C@@H](CC(C)C)C(=O)O. The molecule has 0 aliphatic heterocycles. The Morgan fingerprint density at radius 3 is 1.75 bits per heavy atom. The molecule has 6 atom stereocenters. The smallest absolute Gasteiger partial charge is 0.326 e. The Morgan fingerprint density at radius 2 is 1.23 bits per heavy atom. The summed E-state index contributed by atoms with van der Waals surface area (Å²) in [5.74, 6) is -4.41. The van der Waals surface area contributed by atoms with E-state index in [4.69, 9.17) is 17.2 Å². The number of nitrogens with two attached hydrogens (primary N) is 3. The van der Waals surface area contributed by atoms with E-state index in [-0.39, 0.29) is 38.0 Å². The van der Waals surface area contributed by atoms with Crippen LogP contribution in [0.15, 0.2) is 42.3 Å². The normalized spacial score (nSPS) is 14.6. The lowest BCUT2D eigenvalue weighted by molar-refractivity contribution is -0.142. The molecule has 0 aliphatic rings. The van der Waals surface area contributed by atoms with E-state index in [1.165, 1.54) is 24.3 Å². The van der Waals surface area contributed by atoms with Gasteiger partial charge in [-0.2, -0.15) is 0 Å². The zero-order valence-electron chi connectivity index (χ0n) is 31.0. The number of fused-ring (bicyclic) bond motifs is 1. The molecule has 5 amide bonds. The first-order chi connectivity index (χ1) is 25.2. The van der Waals surface area contributed by atoms with Crippen LogP contribution in [0.3, 0.4) is 0 Å². The van der Waals surface area contributed by atoms with Crippen molar-refractivity contribution >= 4 is 56.9 Å². The summed E-state index contributed by atoms with van der Waals surface area (Å²) in [6.07, 6.45) is 4.32. The zero-order chi connectivity index (χ0) is 39.5. The number of carboxylic acid groups (broad SMARTS) is 1. The fourth-order valence-electron chi connectivity index (χ4n) is 5.63. The molecule has 294 valence electrons. The number of carboxylic acids is 1. The summed E-state index contributed by atoms with van der Waals surface area (Å²) in [6.45, 7) is 9.65. The second-order valence-electron chi connectivity index (χ2n) is 13.6. The maximum absolute atomic E-state index is 13.9. The predicted molar refractivity (Wildman–Crippen MR) is 207 cm³/mol. The van der Waals surface area contributed by atoms with Gasteiger partial charge in [-0.1, -0.05) is 38.1 Å². The van der Waals surface area contributed by atoms with E-state index in [0.717, 1.165) is 15.6 Å². The van der Waals surface area contributed by atoms with Gasteiger partial charge in [-0.05, 0) is 99.7 Å². The second-order valence-corrected chi connectivity index (χ2v) is 14.5. The average Bonchev–Trinajstić information content (AvgIpc) is 3.52. The lowest BCUT2D eigenvalue weighted by Crippen LogP contribution is -2.59. The van der Waals surface area contributed by atoms with Crippen molar-refractivity contribution in [1.82, 2.24) is 26.6 Å². The summed E-state index contributed by atoms with van der Waals surface area (Å²) >= 11 is 1.48. The molecule has 0 aliphatic carbocycles. The molecule has 2 rings (SSSR count). The van der Waals surface area contributed by atoms with Crippen molar-refractivity contribution in [1.29, 1.82) is 0 Å². The van der Waals surface area contributed by atoms with E-state index in [1.54, 1.807) is 0 Å². The van der Waals surface area contributed by atoms with Crippen LogP contribution in [0.25, 0.3) is 10.1 Å². The van der Waals surface area contributed by atoms with Crippen LogP contribution in [-0.4, -0.2) is 90.0 Å². The minimum Gasteiger partial charge on any atom is -0.480 e. The highest BCUT2D eigenvalue weighted by Gasteiger charge is 2.33. The Balaban J connectivity index is 2.35. The minimum absolute atomic E-state index is 0.0198. The molecule has 12 N–H and O–H groups in total. The van der Waals surface area contributed by atoms with Gasteiger partial charge in [0.05, 0.1) is 6.04 Å². The van der Waals surface area contributed by atoms with E-state index in [9.17, 15) is 33.9 Å². The fourth-order valence-corrected chi connectivity index (χ4v) is 6.60. The molecule has 0 saturated heterocycles. The van der Waals surface area contributed by atoms with E-state index in [2.05, 4.69) is 33.2 Å². The maximum Gasteiger partial charge on any atom is 0.326 e. The number of carbonyl (C=O) groups is 6. The molecule has 0 bridgehead atoms. The van der Waals surface area contributed by atoms with Crippen LogP contribution in [0, 0.1) is 5.92 Å². The predicted octanol–water partition coefficient (Wildman–Crippen LogP) is 1.18. The number of amides is 5. The first-order valence-electron chi connectivity index (χ1n) is 18.2. The summed E-state index contributed by atoms with van der Waals surface area (Å²) in [6, 6.07) is 1.09. The van der Waals surface area contributed by atoms with Crippen molar-refractivity contribution in [2.24, 2.45) is 23.1 Å². The highest BCUT2D eigenvalue weighted by Crippen LogP contribution is 2.27. The third-order valence-corrected chi connectivity index (χ3v) is 9.56. The number of carbonyl (C=O) groups excluding carboxylic acids is 5. The summed E-state index contributed by atoms with van der Waals surface area (Å²) in [5.41, 5.74) is 17.8. The molecule has 1 heterocycles. The van der Waals surface area contributed by atoms with Crippen molar-refractivity contribution in [2.45, 2.75) is 115 Å². The largest absolute Gasteiger partial charge is 0.480 e. The van der Waals surface area contributed by atoms with Gasteiger partial charge in [-0.25, -0.2) is 4.79 Å².